The number of nitrogens with zero attached hydrogens (tertiary/aromatic N) is 2. The maximum atomic E-state index is 13.7. The number of hydrogen-bond donors (Lipinski definition) is 9. The van der Waals surface area contributed by atoms with E-state index in [9.17, 15) is 19.2 Å². The van der Waals surface area contributed by atoms with Gasteiger partial charge < -0.3 is 44.2 Å². The summed E-state index contributed by atoms with van der Waals surface area (Å²) in [6.45, 7) is 0.813. The molecule has 15 heteroatoms. The molecule has 12 N–H and O–H groups in total. The van der Waals surface area contributed by atoms with Crippen molar-refractivity contribution < 1.29 is 19.2 Å². The van der Waals surface area contributed by atoms with E-state index in [1.807, 2.05) is 84.9 Å². The van der Waals surface area contributed by atoms with E-state index in [4.69, 9.17) is 22.9 Å². The van der Waals surface area contributed by atoms with Crippen LogP contribution in [0, 0.1) is 0 Å². The third-order valence-electron chi connectivity index (χ3n) is 7.97. The van der Waals surface area contributed by atoms with E-state index in [1.165, 1.54) is 0 Å². The summed E-state index contributed by atoms with van der Waals surface area (Å²) in [5, 5.41) is 11.1. The van der Waals surface area contributed by atoms with Crippen molar-refractivity contribution in [1.82, 2.24) is 21.3 Å². The van der Waals surface area contributed by atoms with Crippen molar-refractivity contribution in [2.45, 2.75) is 56.7 Å². The van der Waals surface area contributed by atoms with E-state index in [0.717, 1.165) is 22.3 Å². The third kappa shape index (κ3) is 15.1. The van der Waals surface area contributed by atoms with E-state index >= 15 is 0 Å². The third-order valence-corrected chi connectivity index (χ3v) is 8.34. The lowest BCUT2D eigenvalue weighted by molar-refractivity contribution is -0.133. The van der Waals surface area contributed by atoms with Gasteiger partial charge in [0.05, 0.1) is 6.42 Å². The molecule has 0 aliphatic heterocycles. The van der Waals surface area contributed by atoms with Gasteiger partial charge in [-0.05, 0) is 54.4 Å². The molecule has 52 heavy (non-hydrogen) atoms. The van der Waals surface area contributed by atoms with Gasteiger partial charge in [-0.1, -0.05) is 84.9 Å². The van der Waals surface area contributed by atoms with Crippen molar-refractivity contribution in [3.05, 3.63) is 96.1 Å². The molecule has 3 rings (SSSR count). The monoisotopic (exact) mass is 730 g/mol. The van der Waals surface area contributed by atoms with Gasteiger partial charge >= 0.3 is 0 Å². The van der Waals surface area contributed by atoms with Gasteiger partial charge in [0.15, 0.2) is 11.9 Å². The van der Waals surface area contributed by atoms with E-state index in [2.05, 4.69) is 43.9 Å². The first-order valence-electron chi connectivity index (χ1n) is 17.1. The van der Waals surface area contributed by atoms with E-state index in [1.54, 1.807) is 0 Å². The molecule has 0 fully saturated rings. The summed E-state index contributed by atoms with van der Waals surface area (Å²) in [5.41, 5.74) is 25.7. The Labute approximate surface area is 310 Å². The fourth-order valence-corrected chi connectivity index (χ4v) is 5.51. The molecule has 0 unspecified atom stereocenters. The van der Waals surface area contributed by atoms with Crippen LogP contribution in [-0.4, -0.2) is 79.1 Å². The lowest BCUT2D eigenvalue weighted by Crippen LogP contribution is -2.57. The number of amides is 4. The van der Waals surface area contributed by atoms with Crippen LogP contribution >= 0.6 is 12.6 Å². The van der Waals surface area contributed by atoms with Crippen molar-refractivity contribution in [2.75, 3.05) is 25.4 Å². The molecule has 3 aromatic carbocycles. The minimum Gasteiger partial charge on any atom is -0.370 e. The molecular weight excluding hydrogens is 681 g/mol. The van der Waals surface area contributed by atoms with Gasteiger partial charge in [-0.3, -0.25) is 29.2 Å². The fourth-order valence-electron chi connectivity index (χ4n) is 5.26. The summed E-state index contributed by atoms with van der Waals surface area (Å²) in [6, 6.07) is 24.1. The molecule has 0 saturated carbocycles. The summed E-state index contributed by atoms with van der Waals surface area (Å²) in [4.78, 5) is 61.4. The Balaban J connectivity index is 1.66. The second-order valence-electron chi connectivity index (χ2n) is 12.1. The number of benzene rings is 3. The van der Waals surface area contributed by atoms with Gasteiger partial charge in [0.2, 0.25) is 23.6 Å². The average Bonchev–Trinajstić information content (AvgIpc) is 3.13. The van der Waals surface area contributed by atoms with Crippen molar-refractivity contribution in [2.24, 2.45) is 32.9 Å². The first-order chi connectivity index (χ1) is 25.0. The van der Waals surface area contributed by atoms with Gasteiger partial charge in [-0.15, -0.1) is 0 Å². The highest BCUT2D eigenvalue weighted by Gasteiger charge is 2.29. The molecule has 0 spiro atoms. The Morgan fingerprint density at radius 2 is 1.10 bits per heavy atom. The molecular formula is C37H50N10O4S. The first-order valence-corrected chi connectivity index (χ1v) is 17.8. The highest BCUT2D eigenvalue weighted by atomic mass is 32.1. The smallest absolute Gasteiger partial charge is 0.244 e. The number of nitrogens with two attached hydrogens (primary N) is 4. The van der Waals surface area contributed by atoms with E-state index in [-0.39, 0.29) is 55.9 Å². The van der Waals surface area contributed by atoms with E-state index < -0.39 is 35.8 Å². The van der Waals surface area contributed by atoms with Gasteiger partial charge in [0.1, 0.15) is 18.1 Å². The van der Waals surface area contributed by atoms with Crippen LogP contribution in [0.4, 0.5) is 0 Å². The van der Waals surface area contributed by atoms with Gasteiger partial charge in [0, 0.05) is 25.4 Å². The first kappa shape index (κ1) is 40.9. The molecule has 0 aliphatic carbocycles. The lowest BCUT2D eigenvalue weighted by Gasteiger charge is -2.25. The number of thiol groups is 1. The van der Waals surface area contributed by atoms with Crippen LogP contribution in [0.3, 0.4) is 0 Å². The van der Waals surface area contributed by atoms with Gasteiger partial charge in [0.25, 0.3) is 0 Å². The van der Waals surface area contributed by atoms with E-state index in [0.29, 0.717) is 25.8 Å². The number of nitrogens with one attached hydrogen (secondary N) is 4. The molecule has 0 radical (unpaired) electrons. The zero-order chi connectivity index (χ0) is 37.7. The molecule has 0 aromatic heterocycles. The van der Waals surface area contributed by atoms with Crippen molar-refractivity contribution in [1.29, 1.82) is 0 Å². The molecule has 0 heterocycles. The number of hydrogen-bond acceptors (Lipinski definition) is 7. The Morgan fingerprint density at radius 1 is 0.596 bits per heavy atom. The summed E-state index contributed by atoms with van der Waals surface area (Å²) < 4.78 is 0. The van der Waals surface area contributed by atoms with Crippen molar-refractivity contribution in [3.63, 3.8) is 0 Å². The fraction of sp³-hybridized carbons (Fsp3) is 0.351. The van der Waals surface area contributed by atoms with Crippen LogP contribution in [0.15, 0.2) is 94.9 Å². The number of guanidine groups is 2. The van der Waals surface area contributed by atoms with Crippen LogP contribution in [0.2, 0.25) is 0 Å². The summed E-state index contributed by atoms with van der Waals surface area (Å²) in [5.74, 6) is -2.19. The largest absolute Gasteiger partial charge is 0.370 e. The number of aliphatic imine (C=N–C) groups is 2. The molecule has 0 aliphatic rings. The number of rotatable bonds is 21. The molecule has 278 valence electrons. The molecule has 3 aromatic rings. The molecule has 3 atom stereocenters. The lowest BCUT2D eigenvalue weighted by atomic mass is 10.0. The van der Waals surface area contributed by atoms with Crippen LogP contribution in [-0.2, 0) is 32.0 Å². The minimum absolute atomic E-state index is 0.0237. The molecule has 4 amide bonds. The summed E-state index contributed by atoms with van der Waals surface area (Å²) in [6.07, 6.45) is 1.75. The second kappa shape index (κ2) is 22.3. The summed E-state index contributed by atoms with van der Waals surface area (Å²) in [7, 11) is 0. The van der Waals surface area contributed by atoms with Gasteiger partial charge in [-0.2, -0.15) is 12.6 Å². The highest BCUT2D eigenvalue weighted by molar-refractivity contribution is 7.80. The van der Waals surface area contributed by atoms with Crippen LogP contribution in [0.5, 0.6) is 0 Å². The molecule has 0 bridgehead atoms. The Hall–Kier alpha value is -5.57. The van der Waals surface area contributed by atoms with Crippen molar-refractivity contribution >= 4 is 48.2 Å². The molecule has 14 nitrogen and oxygen atoms in total. The number of carbonyl (C=O) groups excluding carboxylic acids is 4. The average molecular weight is 731 g/mol. The standard InChI is InChI=1S/C37H50N10O4S/c38-36(39)43-20-7-13-29(33(49)42-22-19-25-9-3-1-4-10-25)46-34(50)30(14-8-21-44-37(40)41)47-35(51)31(24-52)45-32(48)23-26-15-17-28(18-16-26)27-11-5-2-6-12-27/h1-6,9-12,15-18,29-31,52H,7-8,13-14,19-24H2,(H,42,49)(H,45,48)(H,46,50)(H,47,51)(H4,38,39,43)(H4,40,41,44)/t29-,30+,31-/m0/s1. The molecule has 0 saturated heterocycles. The predicted molar refractivity (Wildman–Crippen MR) is 208 cm³/mol. The zero-order valence-corrected chi connectivity index (χ0v) is 30.1. The zero-order valence-electron chi connectivity index (χ0n) is 29.2. The second-order valence-corrected chi connectivity index (χ2v) is 12.5. The highest BCUT2D eigenvalue weighted by Crippen LogP contribution is 2.19. The van der Waals surface area contributed by atoms with Crippen LogP contribution in [0.25, 0.3) is 11.1 Å². The van der Waals surface area contributed by atoms with Crippen molar-refractivity contribution in [3.8, 4) is 11.1 Å². The normalized spacial score (nSPS) is 12.3. The predicted octanol–water partition coefficient (Wildman–Crippen LogP) is 0.746. The minimum atomic E-state index is -1.08. The number of carbonyl (C=O) groups is 4. The summed E-state index contributed by atoms with van der Waals surface area (Å²) >= 11 is 4.29. The van der Waals surface area contributed by atoms with Crippen LogP contribution < -0.4 is 44.2 Å². The maximum Gasteiger partial charge on any atom is 0.244 e. The Morgan fingerprint density at radius 3 is 1.63 bits per heavy atom. The van der Waals surface area contributed by atoms with Crippen LogP contribution in [0.1, 0.15) is 36.8 Å². The topological polar surface area (TPSA) is 245 Å². The Bertz CT molecular complexity index is 1630. The SMILES string of the molecule is NC(N)=NCCC[C@H](NC(=O)[C@@H](CCCN=C(N)N)NC(=O)[C@H](CS)NC(=O)Cc1ccc(-c2ccccc2)cc1)C(=O)NCCc1ccccc1. The quantitative estimate of drug-likeness (QED) is 0.0327. The van der Waals surface area contributed by atoms with Gasteiger partial charge in [-0.25, -0.2) is 0 Å². The maximum absolute atomic E-state index is 13.7. The Kier molecular flexibility index (Phi) is 17.5.